The average molecular weight is 359 g/mol. The molecule has 0 aliphatic rings. The number of benzene rings is 1. The minimum atomic E-state index is -4.32. The van der Waals surface area contributed by atoms with E-state index in [1.807, 2.05) is 4.90 Å². The van der Waals surface area contributed by atoms with Gasteiger partial charge in [0, 0.05) is 23.4 Å². The van der Waals surface area contributed by atoms with Gasteiger partial charge in [-0.25, -0.2) is 0 Å². The van der Waals surface area contributed by atoms with Gasteiger partial charge in [-0.1, -0.05) is 13.3 Å². The zero-order valence-corrected chi connectivity index (χ0v) is 12.9. The van der Waals surface area contributed by atoms with Crippen molar-refractivity contribution in [1.29, 1.82) is 0 Å². The molecular formula is C13H16BrClF3N. The van der Waals surface area contributed by atoms with E-state index < -0.39 is 11.7 Å². The zero-order valence-electron chi connectivity index (χ0n) is 10.6. The number of hydrogen-bond donors (Lipinski definition) is 0. The maximum absolute atomic E-state index is 12.6. The number of anilines is 1. The molecule has 108 valence electrons. The molecule has 0 saturated heterocycles. The summed E-state index contributed by atoms with van der Waals surface area (Å²) in [5.74, 6) is 0.442. The molecule has 1 rings (SSSR count). The van der Waals surface area contributed by atoms with Gasteiger partial charge in [-0.05, 0) is 40.5 Å². The second-order valence-electron chi connectivity index (χ2n) is 4.19. The van der Waals surface area contributed by atoms with Crippen LogP contribution in [0.25, 0.3) is 0 Å². The molecule has 0 aromatic heterocycles. The van der Waals surface area contributed by atoms with Gasteiger partial charge in [0.15, 0.2) is 0 Å². The summed E-state index contributed by atoms with van der Waals surface area (Å²) in [6.07, 6.45) is -2.32. The lowest BCUT2D eigenvalue weighted by atomic mass is 10.2. The van der Waals surface area contributed by atoms with Crippen LogP contribution in [0, 0.1) is 0 Å². The van der Waals surface area contributed by atoms with E-state index in [9.17, 15) is 13.2 Å². The van der Waals surface area contributed by atoms with Gasteiger partial charge in [0.05, 0.1) is 11.3 Å². The summed E-state index contributed by atoms with van der Waals surface area (Å²) in [5.41, 5.74) is 0.103. The number of rotatable bonds is 6. The van der Waals surface area contributed by atoms with Crippen LogP contribution in [0.3, 0.4) is 0 Å². The Morgan fingerprint density at radius 2 is 1.95 bits per heavy atom. The zero-order chi connectivity index (χ0) is 14.5. The Hall–Kier alpha value is -0.420. The van der Waals surface area contributed by atoms with Crippen molar-refractivity contribution in [2.24, 2.45) is 0 Å². The van der Waals surface area contributed by atoms with E-state index in [1.54, 1.807) is 0 Å². The Morgan fingerprint density at radius 1 is 1.26 bits per heavy atom. The lowest BCUT2D eigenvalue weighted by Gasteiger charge is -2.25. The van der Waals surface area contributed by atoms with E-state index in [-0.39, 0.29) is 0 Å². The Kier molecular flexibility index (Phi) is 6.47. The molecule has 1 aromatic carbocycles. The van der Waals surface area contributed by atoms with E-state index in [4.69, 9.17) is 11.6 Å². The molecule has 0 atom stereocenters. The lowest BCUT2D eigenvalue weighted by molar-refractivity contribution is -0.137. The van der Waals surface area contributed by atoms with Crippen LogP contribution in [0.4, 0.5) is 18.9 Å². The molecule has 0 bridgehead atoms. The minimum absolute atomic E-state index is 0.442. The fourth-order valence-electron chi connectivity index (χ4n) is 1.74. The van der Waals surface area contributed by atoms with Crippen LogP contribution in [-0.4, -0.2) is 19.0 Å². The number of hydrogen-bond acceptors (Lipinski definition) is 1. The number of halogens is 5. The molecule has 0 aliphatic carbocycles. The van der Waals surface area contributed by atoms with Crippen LogP contribution >= 0.6 is 27.5 Å². The highest BCUT2D eigenvalue weighted by Crippen LogP contribution is 2.35. The van der Waals surface area contributed by atoms with Crippen molar-refractivity contribution >= 4 is 33.2 Å². The number of alkyl halides is 4. The highest BCUT2D eigenvalue weighted by molar-refractivity contribution is 9.10. The van der Waals surface area contributed by atoms with Crippen molar-refractivity contribution in [1.82, 2.24) is 0 Å². The molecule has 0 fully saturated rings. The minimum Gasteiger partial charge on any atom is -0.369 e. The normalized spacial score (nSPS) is 11.7. The van der Waals surface area contributed by atoms with Crippen LogP contribution in [0.5, 0.6) is 0 Å². The van der Waals surface area contributed by atoms with Gasteiger partial charge in [-0.15, -0.1) is 11.6 Å². The maximum atomic E-state index is 12.6. The van der Waals surface area contributed by atoms with Crippen LogP contribution in [-0.2, 0) is 6.18 Å². The van der Waals surface area contributed by atoms with Crippen molar-refractivity contribution in [3.8, 4) is 0 Å². The number of unbranched alkanes of at least 4 members (excludes halogenated alkanes) is 1. The molecule has 0 spiro atoms. The molecular weight excluding hydrogens is 343 g/mol. The molecule has 0 unspecified atom stereocenters. The highest BCUT2D eigenvalue weighted by Gasteiger charge is 2.31. The fraction of sp³-hybridized carbons (Fsp3) is 0.538. The summed E-state index contributed by atoms with van der Waals surface area (Å²) >= 11 is 8.96. The summed E-state index contributed by atoms with van der Waals surface area (Å²) in [5, 5.41) is 0. The Labute approximate surface area is 124 Å². The van der Waals surface area contributed by atoms with Crippen molar-refractivity contribution in [2.45, 2.75) is 25.9 Å². The van der Waals surface area contributed by atoms with Crippen LogP contribution < -0.4 is 4.90 Å². The van der Waals surface area contributed by atoms with Crippen LogP contribution in [0.15, 0.2) is 22.7 Å². The third-order valence-corrected chi connectivity index (χ3v) is 3.56. The molecule has 0 amide bonds. The molecule has 6 heteroatoms. The van der Waals surface area contributed by atoms with Gasteiger partial charge >= 0.3 is 6.18 Å². The third kappa shape index (κ3) is 4.88. The topological polar surface area (TPSA) is 3.24 Å². The molecule has 0 radical (unpaired) electrons. The first-order valence-corrected chi connectivity index (χ1v) is 7.40. The first-order valence-electron chi connectivity index (χ1n) is 6.07. The maximum Gasteiger partial charge on any atom is 0.416 e. The van der Waals surface area contributed by atoms with E-state index in [0.717, 1.165) is 37.2 Å². The van der Waals surface area contributed by atoms with Gasteiger partial charge in [0.25, 0.3) is 0 Å². The molecule has 1 aromatic rings. The molecule has 0 aliphatic heterocycles. The van der Waals surface area contributed by atoms with Gasteiger partial charge in [-0.3, -0.25) is 0 Å². The quantitative estimate of drug-likeness (QED) is 0.623. The highest BCUT2D eigenvalue weighted by atomic mass is 79.9. The van der Waals surface area contributed by atoms with E-state index in [0.29, 0.717) is 16.9 Å². The Bertz CT molecular complexity index is 409. The summed E-state index contributed by atoms with van der Waals surface area (Å²) in [7, 11) is 0. The molecule has 0 heterocycles. The Balaban J connectivity index is 2.97. The predicted octanol–water partition coefficient (Wildman–Crippen LogP) is 5.31. The predicted molar refractivity (Wildman–Crippen MR) is 77.0 cm³/mol. The first kappa shape index (κ1) is 16.6. The largest absolute Gasteiger partial charge is 0.416 e. The molecule has 19 heavy (non-hydrogen) atoms. The van der Waals surface area contributed by atoms with E-state index >= 15 is 0 Å². The summed E-state index contributed by atoms with van der Waals surface area (Å²) < 4.78 is 38.2. The fourth-order valence-corrected chi connectivity index (χ4v) is 2.58. The van der Waals surface area contributed by atoms with Gasteiger partial charge in [0.1, 0.15) is 0 Å². The van der Waals surface area contributed by atoms with Crippen LogP contribution in [0.2, 0.25) is 0 Å². The summed E-state index contributed by atoms with van der Waals surface area (Å²) in [4.78, 5) is 2.00. The smallest absolute Gasteiger partial charge is 0.369 e. The Morgan fingerprint density at radius 3 is 2.42 bits per heavy atom. The van der Waals surface area contributed by atoms with Crippen molar-refractivity contribution in [3.05, 3.63) is 28.2 Å². The molecule has 0 saturated carbocycles. The average Bonchev–Trinajstić information content (AvgIpc) is 2.33. The van der Waals surface area contributed by atoms with Crippen LogP contribution in [0.1, 0.15) is 25.3 Å². The van der Waals surface area contributed by atoms with Crippen molar-refractivity contribution in [2.75, 3.05) is 23.9 Å². The standard InChI is InChI=1S/C13H16BrClF3N/c1-2-3-7-19(8-6-15)12-5-4-10(9-11(12)14)13(16,17)18/h4-5,9H,2-3,6-8H2,1H3. The first-order chi connectivity index (χ1) is 8.90. The van der Waals surface area contributed by atoms with E-state index in [1.165, 1.54) is 6.07 Å². The SMILES string of the molecule is CCCCN(CCCl)c1ccc(C(F)(F)F)cc1Br. The molecule has 0 N–H and O–H groups in total. The monoisotopic (exact) mass is 357 g/mol. The van der Waals surface area contributed by atoms with E-state index in [2.05, 4.69) is 22.9 Å². The van der Waals surface area contributed by atoms with Crippen molar-refractivity contribution in [3.63, 3.8) is 0 Å². The van der Waals surface area contributed by atoms with Crippen molar-refractivity contribution < 1.29 is 13.2 Å². The summed E-state index contributed by atoms with van der Waals surface area (Å²) in [6, 6.07) is 3.71. The molecule has 1 nitrogen and oxygen atoms in total. The van der Waals surface area contributed by atoms with Gasteiger partial charge in [0.2, 0.25) is 0 Å². The van der Waals surface area contributed by atoms with Gasteiger partial charge in [-0.2, -0.15) is 13.2 Å². The van der Waals surface area contributed by atoms with Gasteiger partial charge < -0.3 is 4.90 Å². The lowest BCUT2D eigenvalue weighted by Crippen LogP contribution is -2.27. The second-order valence-corrected chi connectivity index (χ2v) is 5.43. The number of nitrogens with zero attached hydrogens (tertiary/aromatic N) is 1. The summed E-state index contributed by atoms with van der Waals surface area (Å²) in [6.45, 7) is 3.47. The third-order valence-electron chi connectivity index (χ3n) is 2.75. The second kappa shape index (κ2) is 7.39.